The van der Waals surface area contributed by atoms with Crippen molar-refractivity contribution in [3.8, 4) is 0 Å². The van der Waals surface area contributed by atoms with Crippen molar-refractivity contribution in [3.05, 3.63) is 0 Å². The molecule has 6 amide bonds. The normalized spacial score (nSPS) is 12.0. The first-order valence-corrected chi connectivity index (χ1v) is 26.3. The number of aliphatic hydroxyl groups excluding tert-OH is 2. The maximum atomic E-state index is 12.6. The highest BCUT2D eigenvalue weighted by molar-refractivity contribution is 5.79. The molecule has 0 aliphatic carbocycles. The number of ketones is 1. The van der Waals surface area contributed by atoms with Crippen molar-refractivity contribution >= 4 is 47.2 Å². The third-order valence-corrected chi connectivity index (χ3v) is 10.6. The number of carboxylic acids is 1. The zero-order valence-corrected chi connectivity index (χ0v) is 44.5. The van der Waals surface area contributed by atoms with Gasteiger partial charge < -0.3 is 95.3 Å². The van der Waals surface area contributed by atoms with Gasteiger partial charge in [-0.3, -0.25) is 38.4 Å². The number of hydrogen-bond acceptors (Lipinski definition) is 20. The number of carbonyl (C=O) groups excluding carboxylic acids is 7. The summed E-state index contributed by atoms with van der Waals surface area (Å²) in [6, 6.07) is -2.31. The van der Waals surface area contributed by atoms with Crippen LogP contribution in [0.15, 0.2) is 0 Å². The Labute approximate surface area is 446 Å². The summed E-state index contributed by atoms with van der Waals surface area (Å²) in [5, 5.41) is 63.2. The van der Waals surface area contributed by atoms with Crippen molar-refractivity contribution in [3.63, 3.8) is 0 Å². The van der Waals surface area contributed by atoms with Crippen LogP contribution in [0.4, 0.5) is 0 Å². The first-order valence-electron chi connectivity index (χ1n) is 26.3. The second-order valence-corrected chi connectivity index (χ2v) is 17.4. The first-order chi connectivity index (χ1) is 36.6. The van der Waals surface area contributed by atoms with Gasteiger partial charge >= 0.3 is 5.97 Å². The van der Waals surface area contributed by atoms with Gasteiger partial charge in [0, 0.05) is 51.9 Å². The number of hydrogen-bond donors (Lipinski definition) is 11. The molecular weight excluding hydrogens is 1010 g/mol. The second-order valence-electron chi connectivity index (χ2n) is 17.4. The maximum absolute atomic E-state index is 12.6. The Kier molecular flexibility index (Phi) is 48.2. The van der Waals surface area contributed by atoms with E-state index in [0.717, 1.165) is 51.4 Å². The summed E-state index contributed by atoms with van der Waals surface area (Å²) < 4.78 is 42.2. The standard InChI is InChI=1S/C49H90N6O21/c1-38(56)34-73-30-26-70-23-19-51-44(60)36-75-32-28-72-25-21-53-46(62)37-76-33-29-71-24-20-52-45(61)35-74-31-27-69-22-18-50-41(57)16-14-39(48(65)66)55-43(59)17-15-40(49(67)68)54-42(58)12-10-8-6-4-2-3-5-7-9-11-13-47(63)64/h39-40,48-49,65-68H,2-37H2,1H3,(H,50,57)(H,51,60)(H,52,61)(H,53,62)(H,54,58)(H,55,59)(H,63,64)/t39-,40-/m0/s1. The monoisotopic (exact) mass is 1100 g/mol. The molecule has 0 saturated carbocycles. The number of Topliss-reactive ketones (excluding diaryl/α,β-unsaturated/α-hetero) is 1. The van der Waals surface area contributed by atoms with E-state index < -0.39 is 42.4 Å². The van der Waals surface area contributed by atoms with Gasteiger partial charge in [-0.25, -0.2) is 0 Å². The molecule has 11 N–H and O–H groups in total. The highest BCUT2D eigenvalue weighted by atomic mass is 16.5. The molecular formula is C49H90N6O21. The fraction of sp³-hybridized carbons (Fsp3) is 0.837. The third-order valence-electron chi connectivity index (χ3n) is 10.6. The summed E-state index contributed by atoms with van der Waals surface area (Å²) in [6.45, 7) is 4.42. The zero-order valence-electron chi connectivity index (χ0n) is 44.5. The first kappa shape index (κ1) is 71.5. The minimum absolute atomic E-state index is 0.0473. The van der Waals surface area contributed by atoms with Crippen LogP contribution in [-0.4, -0.2) is 229 Å². The van der Waals surface area contributed by atoms with Gasteiger partial charge in [-0.2, -0.15) is 0 Å². The third kappa shape index (κ3) is 50.3. The second kappa shape index (κ2) is 51.2. The van der Waals surface area contributed by atoms with E-state index in [1.807, 2.05) is 0 Å². The lowest BCUT2D eigenvalue weighted by atomic mass is 10.0. The molecule has 2 atom stereocenters. The lowest BCUT2D eigenvalue weighted by Gasteiger charge is -2.23. The fourth-order valence-corrected chi connectivity index (χ4v) is 6.58. The molecule has 76 heavy (non-hydrogen) atoms. The number of ether oxygens (including phenoxy) is 8. The topological polar surface area (TPSA) is 384 Å². The highest BCUT2D eigenvalue weighted by Crippen LogP contribution is 2.13. The number of unbranched alkanes of at least 4 members (excludes halogenated alkanes) is 9. The lowest BCUT2D eigenvalue weighted by Crippen LogP contribution is -2.46. The van der Waals surface area contributed by atoms with Gasteiger partial charge in [0.2, 0.25) is 35.4 Å². The van der Waals surface area contributed by atoms with Crippen LogP contribution in [0.3, 0.4) is 0 Å². The average Bonchev–Trinajstić information content (AvgIpc) is 3.37. The van der Waals surface area contributed by atoms with E-state index in [2.05, 4.69) is 31.9 Å². The van der Waals surface area contributed by atoms with Gasteiger partial charge in [0.25, 0.3) is 0 Å². The summed E-state index contributed by atoms with van der Waals surface area (Å²) in [7, 11) is 0. The predicted molar refractivity (Wildman–Crippen MR) is 271 cm³/mol. The van der Waals surface area contributed by atoms with Crippen LogP contribution in [0.1, 0.15) is 110 Å². The van der Waals surface area contributed by atoms with Crippen LogP contribution in [0.2, 0.25) is 0 Å². The summed E-state index contributed by atoms with van der Waals surface area (Å²) in [5.74, 6) is -3.29. The smallest absolute Gasteiger partial charge is 0.303 e. The lowest BCUT2D eigenvalue weighted by molar-refractivity contribution is -0.137. The molecule has 0 radical (unpaired) electrons. The quantitative estimate of drug-likeness (QED) is 0.0234. The van der Waals surface area contributed by atoms with E-state index in [1.54, 1.807) is 0 Å². The number of aliphatic carboxylic acids is 1. The molecule has 442 valence electrons. The Morgan fingerprint density at radius 2 is 0.632 bits per heavy atom. The summed E-state index contributed by atoms with van der Waals surface area (Å²) in [4.78, 5) is 94.2. The number of carboxylic acid groups (broad SMARTS) is 1. The van der Waals surface area contributed by atoms with Gasteiger partial charge in [-0.15, -0.1) is 0 Å². The molecule has 0 aromatic heterocycles. The number of nitrogens with one attached hydrogen (secondary N) is 6. The minimum Gasteiger partial charge on any atom is -0.481 e. The molecule has 0 aromatic carbocycles. The summed E-state index contributed by atoms with van der Waals surface area (Å²) in [5.41, 5.74) is 0. The van der Waals surface area contributed by atoms with Crippen LogP contribution < -0.4 is 31.9 Å². The van der Waals surface area contributed by atoms with Crippen molar-refractivity contribution < 1.29 is 102 Å². The fourth-order valence-electron chi connectivity index (χ4n) is 6.58. The van der Waals surface area contributed by atoms with Crippen LogP contribution in [0.5, 0.6) is 0 Å². The molecule has 0 spiro atoms. The van der Waals surface area contributed by atoms with E-state index in [1.165, 1.54) is 6.92 Å². The Hall–Kier alpha value is -4.52. The molecule has 0 aliphatic heterocycles. The number of amides is 6. The molecule has 0 rings (SSSR count). The van der Waals surface area contributed by atoms with Gasteiger partial charge in [0.05, 0.1) is 91.4 Å². The van der Waals surface area contributed by atoms with Gasteiger partial charge in [-0.05, 0) is 32.6 Å². The predicted octanol–water partition coefficient (Wildman–Crippen LogP) is -1.91. The Morgan fingerprint density at radius 3 is 0.974 bits per heavy atom. The SMILES string of the molecule is CC(=O)COCCOCCNC(=O)COCCOCCNC(=O)COCCOCCNC(=O)COCCOCCNC(=O)CC[C@H](NC(=O)CC[C@H](NC(=O)CCCCCCCCCCCCC(=O)O)C(O)O)C(O)O. The van der Waals surface area contributed by atoms with Gasteiger partial charge in [0.1, 0.15) is 26.4 Å². The van der Waals surface area contributed by atoms with Gasteiger partial charge in [0.15, 0.2) is 18.4 Å². The molecule has 27 nitrogen and oxygen atoms in total. The number of carbonyl (C=O) groups is 8. The van der Waals surface area contributed by atoms with E-state index in [-0.39, 0.29) is 173 Å². The van der Waals surface area contributed by atoms with E-state index in [9.17, 15) is 58.8 Å². The molecule has 0 heterocycles. The van der Waals surface area contributed by atoms with Crippen LogP contribution in [0.25, 0.3) is 0 Å². The Bertz CT molecular complexity index is 1550. The van der Waals surface area contributed by atoms with E-state index >= 15 is 0 Å². The molecule has 0 fully saturated rings. The highest BCUT2D eigenvalue weighted by Gasteiger charge is 2.24. The van der Waals surface area contributed by atoms with Crippen molar-refractivity contribution in [2.45, 2.75) is 134 Å². The maximum Gasteiger partial charge on any atom is 0.303 e. The van der Waals surface area contributed by atoms with Crippen LogP contribution >= 0.6 is 0 Å². The molecule has 0 bridgehead atoms. The van der Waals surface area contributed by atoms with Crippen molar-refractivity contribution in [2.75, 3.05) is 132 Å². The van der Waals surface area contributed by atoms with Crippen molar-refractivity contribution in [1.82, 2.24) is 31.9 Å². The summed E-state index contributed by atoms with van der Waals surface area (Å²) >= 11 is 0. The number of rotatable bonds is 55. The summed E-state index contributed by atoms with van der Waals surface area (Å²) in [6.07, 6.45) is 5.13. The molecule has 0 unspecified atom stereocenters. The molecule has 0 saturated heterocycles. The molecule has 0 aromatic rings. The Balaban J connectivity index is 3.81. The zero-order chi connectivity index (χ0) is 56.3. The molecule has 27 heteroatoms. The van der Waals surface area contributed by atoms with Crippen molar-refractivity contribution in [1.29, 1.82) is 0 Å². The van der Waals surface area contributed by atoms with Crippen molar-refractivity contribution in [2.24, 2.45) is 0 Å². The average molecular weight is 1100 g/mol. The van der Waals surface area contributed by atoms with E-state index in [4.69, 9.17) is 43.0 Å². The largest absolute Gasteiger partial charge is 0.481 e. The minimum atomic E-state index is -1.98. The number of aliphatic hydroxyl groups is 4. The Morgan fingerprint density at radius 1 is 0.342 bits per heavy atom. The molecule has 0 aliphatic rings. The van der Waals surface area contributed by atoms with Crippen LogP contribution in [0, 0.1) is 0 Å². The van der Waals surface area contributed by atoms with Crippen LogP contribution in [-0.2, 0) is 76.3 Å². The van der Waals surface area contributed by atoms with Gasteiger partial charge in [-0.1, -0.05) is 51.4 Å². The van der Waals surface area contributed by atoms with E-state index in [0.29, 0.717) is 39.2 Å².